The molecule has 1 aliphatic rings. The predicted molar refractivity (Wildman–Crippen MR) is 109 cm³/mol. The lowest BCUT2D eigenvalue weighted by atomic mass is 9.99. The number of fused-ring (bicyclic) bond motifs is 2. The quantitative estimate of drug-likeness (QED) is 0.652. The third-order valence-corrected chi connectivity index (χ3v) is 4.78. The summed E-state index contributed by atoms with van der Waals surface area (Å²) in [7, 11) is 6.20. The van der Waals surface area contributed by atoms with Crippen molar-refractivity contribution in [1.82, 2.24) is 9.88 Å². The number of hydrogen-bond acceptors (Lipinski definition) is 4. The van der Waals surface area contributed by atoms with E-state index < -0.39 is 0 Å². The van der Waals surface area contributed by atoms with Crippen LogP contribution in [-0.2, 0) is 7.05 Å². The van der Waals surface area contributed by atoms with Crippen LogP contribution in [0, 0.1) is 0 Å². The van der Waals surface area contributed by atoms with Crippen molar-refractivity contribution < 1.29 is 8.98 Å². The Morgan fingerprint density at radius 2 is 2.04 bits per heavy atom. The Labute approximate surface area is 159 Å². The second-order valence-electron chi connectivity index (χ2n) is 7.14. The third-order valence-electron chi connectivity index (χ3n) is 4.78. The van der Waals surface area contributed by atoms with Crippen LogP contribution >= 0.6 is 0 Å². The van der Waals surface area contributed by atoms with Crippen LogP contribution in [-0.4, -0.2) is 37.1 Å². The van der Waals surface area contributed by atoms with E-state index in [9.17, 15) is 0 Å². The fraction of sp³-hybridized carbons (Fsp3) is 0.273. The van der Waals surface area contributed by atoms with Gasteiger partial charge in [0.05, 0.1) is 13.2 Å². The second kappa shape index (κ2) is 7.37. The van der Waals surface area contributed by atoms with Gasteiger partial charge in [-0.05, 0) is 56.9 Å². The van der Waals surface area contributed by atoms with Gasteiger partial charge in [-0.25, -0.2) is 4.57 Å². The molecule has 3 heterocycles. The predicted octanol–water partition coefficient (Wildman–Crippen LogP) is 3.48. The molecule has 0 radical (unpaired) electrons. The molecule has 4 rings (SSSR count). The Morgan fingerprint density at radius 1 is 1.19 bits per heavy atom. The van der Waals surface area contributed by atoms with Gasteiger partial charge in [-0.3, -0.25) is 0 Å². The number of para-hydroxylation sites is 1. The van der Waals surface area contributed by atoms with E-state index in [1.807, 2.05) is 36.0 Å². The molecule has 0 N–H and O–H groups in total. The number of anilines is 1. The highest BCUT2D eigenvalue weighted by atomic mass is 16.3. The van der Waals surface area contributed by atoms with Gasteiger partial charge in [-0.2, -0.15) is 0 Å². The summed E-state index contributed by atoms with van der Waals surface area (Å²) in [6, 6.07) is 12.4. The Hall–Kier alpha value is -2.92. The van der Waals surface area contributed by atoms with Crippen LogP contribution in [0.4, 0.5) is 5.69 Å². The molecule has 5 nitrogen and oxygen atoms in total. The molecular formula is C22H25N4O+. The van der Waals surface area contributed by atoms with Crippen molar-refractivity contribution in [3.8, 4) is 0 Å². The van der Waals surface area contributed by atoms with Crippen LogP contribution in [0.2, 0.25) is 0 Å². The van der Waals surface area contributed by atoms with Crippen LogP contribution in [0.25, 0.3) is 22.9 Å². The number of aryl methyl sites for hydroxylation is 1. The first kappa shape index (κ1) is 17.5. The minimum absolute atomic E-state index is 0.627. The zero-order valence-electron chi connectivity index (χ0n) is 16.1. The highest BCUT2D eigenvalue weighted by Crippen LogP contribution is 2.34. The number of oxazole rings is 1. The zero-order valence-corrected chi connectivity index (χ0v) is 16.1. The van der Waals surface area contributed by atoms with E-state index in [4.69, 9.17) is 4.42 Å². The highest BCUT2D eigenvalue weighted by Gasteiger charge is 2.19. The zero-order chi connectivity index (χ0) is 18.8. The minimum Gasteiger partial charge on any atom is -0.411 e. The Bertz CT molecular complexity index is 1020. The van der Waals surface area contributed by atoms with Gasteiger partial charge < -0.3 is 14.2 Å². The van der Waals surface area contributed by atoms with E-state index in [1.54, 1.807) is 0 Å². The van der Waals surface area contributed by atoms with Gasteiger partial charge >= 0.3 is 11.5 Å². The van der Waals surface area contributed by atoms with Crippen molar-refractivity contribution in [3.63, 3.8) is 0 Å². The maximum atomic E-state index is 5.92. The summed E-state index contributed by atoms with van der Waals surface area (Å²) in [4.78, 5) is 9.18. The number of nitrogens with zero attached hydrogens (tertiary/aromatic N) is 4. The molecule has 1 aliphatic heterocycles. The molecule has 0 amide bonds. The maximum Gasteiger partial charge on any atom is 0.370 e. The molecule has 0 saturated heterocycles. The molecule has 0 unspecified atom stereocenters. The molecule has 27 heavy (non-hydrogen) atoms. The fourth-order valence-corrected chi connectivity index (χ4v) is 3.41. The number of benzene rings is 1. The molecule has 138 valence electrons. The lowest BCUT2D eigenvalue weighted by Gasteiger charge is -2.28. The first-order chi connectivity index (χ1) is 13.1. The van der Waals surface area contributed by atoms with E-state index in [2.05, 4.69) is 65.4 Å². The number of aromatic nitrogens is 2. The van der Waals surface area contributed by atoms with Crippen molar-refractivity contribution >= 4 is 28.6 Å². The smallest absolute Gasteiger partial charge is 0.370 e. The molecule has 5 heteroatoms. The first-order valence-electron chi connectivity index (χ1n) is 9.28. The molecule has 0 fully saturated rings. The summed E-state index contributed by atoms with van der Waals surface area (Å²) in [5.74, 6) is 0.627. The normalized spacial score (nSPS) is 15.1. The molecule has 0 spiro atoms. The van der Waals surface area contributed by atoms with E-state index in [0.29, 0.717) is 5.89 Å². The summed E-state index contributed by atoms with van der Waals surface area (Å²) in [6.07, 6.45) is 9.42. The topological polar surface area (TPSA) is 36.4 Å². The molecule has 0 saturated carbocycles. The average Bonchev–Trinajstić information content (AvgIpc) is 3.07. The second-order valence-corrected chi connectivity index (χ2v) is 7.14. The van der Waals surface area contributed by atoms with Gasteiger partial charge in [-0.1, -0.05) is 18.2 Å². The molecular weight excluding hydrogens is 336 g/mol. The minimum atomic E-state index is 0.627. The van der Waals surface area contributed by atoms with Crippen LogP contribution in [0.5, 0.6) is 0 Å². The van der Waals surface area contributed by atoms with Gasteiger partial charge in [-0.15, -0.1) is 0 Å². The van der Waals surface area contributed by atoms with E-state index in [0.717, 1.165) is 36.3 Å². The van der Waals surface area contributed by atoms with Crippen molar-refractivity contribution in [2.24, 2.45) is 7.05 Å². The standard InChI is InChI=1S/C22H25N4O/c1-24(2)12-7-14-26-15-11-17(18-8-4-5-9-19(18)26)16-21-23-22-20(27-21)10-6-13-25(22)3/h4-6,8-11,13,15-16H,7,12,14H2,1-3H3/q+1. The summed E-state index contributed by atoms with van der Waals surface area (Å²) in [5, 5.41) is 0. The SMILES string of the molecule is CN(C)CCCN1C=C/C(=C\c2nc3c(ccc[n+]3C)o2)c2ccccc21. The summed E-state index contributed by atoms with van der Waals surface area (Å²) >= 11 is 0. The summed E-state index contributed by atoms with van der Waals surface area (Å²) in [5.41, 5.74) is 5.19. The van der Waals surface area contributed by atoms with Crippen LogP contribution < -0.4 is 9.47 Å². The van der Waals surface area contributed by atoms with Crippen LogP contribution in [0.1, 0.15) is 17.9 Å². The molecule has 0 atom stereocenters. The van der Waals surface area contributed by atoms with Crippen molar-refractivity contribution in [2.75, 3.05) is 32.1 Å². The van der Waals surface area contributed by atoms with Crippen molar-refractivity contribution in [1.29, 1.82) is 0 Å². The largest absolute Gasteiger partial charge is 0.411 e. The van der Waals surface area contributed by atoms with Gasteiger partial charge in [0.15, 0.2) is 0 Å². The number of pyridine rings is 1. The average molecular weight is 361 g/mol. The first-order valence-corrected chi connectivity index (χ1v) is 9.28. The van der Waals surface area contributed by atoms with Gasteiger partial charge in [0, 0.05) is 35.1 Å². The van der Waals surface area contributed by atoms with Gasteiger partial charge in [0.25, 0.3) is 0 Å². The number of allylic oxidation sites excluding steroid dienone is 2. The Morgan fingerprint density at radius 3 is 2.85 bits per heavy atom. The summed E-state index contributed by atoms with van der Waals surface area (Å²) < 4.78 is 7.89. The fourth-order valence-electron chi connectivity index (χ4n) is 3.41. The lowest BCUT2D eigenvalue weighted by Crippen LogP contribution is -2.28. The Balaban J connectivity index is 1.65. The molecule has 0 aliphatic carbocycles. The summed E-state index contributed by atoms with van der Waals surface area (Å²) in [6.45, 7) is 2.08. The van der Waals surface area contributed by atoms with Crippen molar-refractivity contribution in [2.45, 2.75) is 6.42 Å². The van der Waals surface area contributed by atoms with Gasteiger partial charge in [0.2, 0.25) is 5.58 Å². The van der Waals surface area contributed by atoms with Gasteiger partial charge in [0.1, 0.15) is 0 Å². The van der Waals surface area contributed by atoms with Crippen molar-refractivity contribution in [3.05, 3.63) is 66.3 Å². The highest BCUT2D eigenvalue weighted by molar-refractivity contribution is 5.94. The maximum absolute atomic E-state index is 5.92. The molecule has 1 aromatic carbocycles. The Kier molecular flexibility index (Phi) is 4.77. The van der Waals surface area contributed by atoms with E-state index in [1.165, 1.54) is 11.3 Å². The van der Waals surface area contributed by atoms with E-state index in [-0.39, 0.29) is 0 Å². The number of hydrogen-bond donors (Lipinski definition) is 0. The third kappa shape index (κ3) is 3.64. The van der Waals surface area contributed by atoms with E-state index >= 15 is 0 Å². The number of rotatable bonds is 5. The molecule has 3 aromatic rings. The molecule has 0 bridgehead atoms. The monoisotopic (exact) mass is 361 g/mol. The lowest BCUT2D eigenvalue weighted by molar-refractivity contribution is -0.646. The molecule has 2 aromatic heterocycles. The van der Waals surface area contributed by atoms with Crippen LogP contribution in [0.3, 0.4) is 0 Å². The van der Waals surface area contributed by atoms with Crippen LogP contribution in [0.15, 0.2) is 59.3 Å².